The molecule has 0 saturated carbocycles. The van der Waals surface area contributed by atoms with Gasteiger partial charge in [-0.05, 0) is 24.5 Å². The fourth-order valence-electron chi connectivity index (χ4n) is 1.11. The second kappa shape index (κ2) is 3.77. The maximum Gasteiger partial charge on any atom is 0.0441 e. The number of aryl methyl sites for hydroxylation is 2. The van der Waals surface area contributed by atoms with Crippen LogP contribution in [0.5, 0.6) is 0 Å². The van der Waals surface area contributed by atoms with Gasteiger partial charge in [0.15, 0.2) is 0 Å². The third-order valence-corrected chi connectivity index (χ3v) is 2.04. The Morgan fingerprint density at radius 3 is 2.82 bits per heavy atom. The molecule has 0 unspecified atom stereocenters. The Kier molecular flexibility index (Phi) is 2.94. The number of hydrogen-bond acceptors (Lipinski definition) is 2. The van der Waals surface area contributed by atoms with Gasteiger partial charge in [-0.15, -0.1) is 0 Å². The van der Waals surface area contributed by atoms with Gasteiger partial charge in [-0.2, -0.15) is 12.6 Å². The van der Waals surface area contributed by atoms with Gasteiger partial charge < -0.3 is 0 Å². The zero-order valence-corrected chi connectivity index (χ0v) is 7.86. The van der Waals surface area contributed by atoms with Crippen LogP contribution in [0, 0.1) is 6.92 Å². The largest absolute Gasteiger partial charge is 0.261 e. The van der Waals surface area contributed by atoms with Crippen LogP contribution in [0.4, 0.5) is 0 Å². The van der Waals surface area contributed by atoms with E-state index in [1.54, 1.807) is 0 Å². The number of nitrogens with zero attached hydrogens (tertiary/aromatic N) is 1. The Bertz CT molecular complexity index is 245. The molecule has 1 rings (SSSR count). The molecule has 1 heterocycles. The fraction of sp³-hybridized carbons (Fsp3) is 0.444. The molecule has 0 amide bonds. The maximum absolute atomic E-state index is 4.32. The molecule has 1 aromatic heterocycles. The van der Waals surface area contributed by atoms with Crippen molar-refractivity contribution in [1.82, 2.24) is 4.98 Å². The first kappa shape index (κ1) is 8.60. The Hall–Kier alpha value is -0.500. The topological polar surface area (TPSA) is 12.9 Å². The highest BCUT2D eigenvalue weighted by Crippen LogP contribution is 2.10. The summed E-state index contributed by atoms with van der Waals surface area (Å²) in [5.74, 6) is 0.790. The first-order valence-electron chi connectivity index (χ1n) is 3.83. The lowest BCUT2D eigenvalue weighted by Crippen LogP contribution is -1.94. The summed E-state index contributed by atoms with van der Waals surface area (Å²) in [6.45, 7) is 4.17. The summed E-state index contributed by atoms with van der Waals surface area (Å²) in [4.78, 5) is 4.32. The summed E-state index contributed by atoms with van der Waals surface area (Å²) >= 11 is 4.24. The number of pyridine rings is 1. The summed E-state index contributed by atoms with van der Waals surface area (Å²) < 4.78 is 0. The predicted molar refractivity (Wildman–Crippen MR) is 51.0 cm³/mol. The van der Waals surface area contributed by atoms with Gasteiger partial charge in [-0.1, -0.05) is 13.0 Å². The van der Waals surface area contributed by atoms with Crippen molar-refractivity contribution < 1.29 is 0 Å². The van der Waals surface area contributed by atoms with Crippen molar-refractivity contribution >= 4 is 12.6 Å². The third kappa shape index (κ3) is 1.96. The Balaban J connectivity index is 3.06. The zero-order chi connectivity index (χ0) is 8.27. The molecule has 0 aliphatic rings. The average Bonchev–Trinajstić information content (AvgIpc) is 2.04. The van der Waals surface area contributed by atoms with Gasteiger partial charge >= 0.3 is 0 Å². The molecule has 0 aliphatic carbocycles. The summed E-state index contributed by atoms with van der Waals surface area (Å²) in [5, 5.41) is 0. The van der Waals surface area contributed by atoms with Crippen LogP contribution in [0.2, 0.25) is 0 Å². The highest BCUT2D eigenvalue weighted by Gasteiger charge is 1.99. The molecule has 0 aliphatic heterocycles. The van der Waals surface area contributed by atoms with Crippen molar-refractivity contribution in [3.8, 4) is 0 Å². The number of thiol groups is 1. The number of aromatic nitrogens is 1. The smallest absolute Gasteiger partial charge is 0.0441 e. The first-order chi connectivity index (χ1) is 5.27. The molecule has 0 bridgehead atoms. The van der Waals surface area contributed by atoms with Crippen LogP contribution in [-0.2, 0) is 12.2 Å². The molecular formula is C9H13NS. The van der Waals surface area contributed by atoms with E-state index in [9.17, 15) is 0 Å². The SMILES string of the molecule is CCc1ncc(C)cc1CS. The fourth-order valence-corrected chi connectivity index (χ4v) is 1.39. The summed E-state index contributed by atoms with van der Waals surface area (Å²) in [6, 6.07) is 2.15. The molecule has 11 heavy (non-hydrogen) atoms. The van der Waals surface area contributed by atoms with Gasteiger partial charge in [0.25, 0.3) is 0 Å². The highest BCUT2D eigenvalue weighted by molar-refractivity contribution is 7.79. The van der Waals surface area contributed by atoms with Crippen LogP contribution in [0.1, 0.15) is 23.7 Å². The molecule has 0 aromatic carbocycles. The average molecular weight is 167 g/mol. The lowest BCUT2D eigenvalue weighted by atomic mass is 10.1. The summed E-state index contributed by atoms with van der Waals surface area (Å²) in [6.07, 6.45) is 2.90. The monoisotopic (exact) mass is 167 g/mol. The van der Waals surface area contributed by atoms with Crippen molar-refractivity contribution in [3.05, 3.63) is 29.1 Å². The highest BCUT2D eigenvalue weighted by atomic mass is 32.1. The standard InChI is InChI=1S/C9H13NS/c1-3-9-8(6-11)4-7(2)5-10-9/h4-5,11H,3,6H2,1-2H3. The van der Waals surface area contributed by atoms with E-state index < -0.39 is 0 Å². The van der Waals surface area contributed by atoms with Crippen molar-refractivity contribution in [3.63, 3.8) is 0 Å². The normalized spacial score (nSPS) is 10.1. The second-order valence-electron chi connectivity index (χ2n) is 2.63. The molecule has 0 spiro atoms. The quantitative estimate of drug-likeness (QED) is 0.667. The lowest BCUT2D eigenvalue weighted by molar-refractivity contribution is 0.995. The predicted octanol–water partition coefficient (Wildman–Crippen LogP) is 2.38. The van der Waals surface area contributed by atoms with Crippen molar-refractivity contribution in [2.45, 2.75) is 26.0 Å². The minimum absolute atomic E-state index is 0.790. The van der Waals surface area contributed by atoms with Gasteiger partial charge in [-0.3, -0.25) is 4.98 Å². The van der Waals surface area contributed by atoms with Crippen molar-refractivity contribution in [1.29, 1.82) is 0 Å². The minimum Gasteiger partial charge on any atom is -0.261 e. The van der Waals surface area contributed by atoms with Crippen LogP contribution in [0.25, 0.3) is 0 Å². The van der Waals surface area contributed by atoms with Crippen LogP contribution in [0.15, 0.2) is 12.3 Å². The molecule has 60 valence electrons. The molecule has 0 N–H and O–H groups in total. The first-order valence-corrected chi connectivity index (χ1v) is 4.46. The lowest BCUT2D eigenvalue weighted by Gasteiger charge is -2.03. The van der Waals surface area contributed by atoms with E-state index in [2.05, 4.69) is 37.5 Å². The Morgan fingerprint density at radius 2 is 2.27 bits per heavy atom. The minimum atomic E-state index is 0.790. The van der Waals surface area contributed by atoms with Crippen molar-refractivity contribution in [2.75, 3.05) is 0 Å². The Morgan fingerprint density at radius 1 is 1.55 bits per heavy atom. The molecule has 0 fully saturated rings. The molecular weight excluding hydrogens is 154 g/mol. The van der Waals surface area contributed by atoms with E-state index in [1.807, 2.05) is 6.20 Å². The van der Waals surface area contributed by atoms with E-state index in [0.29, 0.717) is 0 Å². The van der Waals surface area contributed by atoms with E-state index in [4.69, 9.17) is 0 Å². The van der Waals surface area contributed by atoms with Gasteiger partial charge in [-0.25, -0.2) is 0 Å². The molecule has 1 nitrogen and oxygen atoms in total. The summed E-state index contributed by atoms with van der Waals surface area (Å²) in [5.41, 5.74) is 3.65. The second-order valence-corrected chi connectivity index (χ2v) is 2.95. The number of rotatable bonds is 2. The molecule has 2 heteroatoms. The molecule has 0 radical (unpaired) electrons. The van der Waals surface area contributed by atoms with E-state index in [0.717, 1.165) is 12.2 Å². The van der Waals surface area contributed by atoms with Gasteiger partial charge in [0, 0.05) is 17.6 Å². The van der Waals surface area contributed by atoms with E-state index in [1.165, 1.54) is 16.8 Å². The zero-order valence-electron chi connectivity index (χ0n) is 6.96. The van der Waals surface area contributed by atoms with Crippen LogP contribution in [0.3, 0.4) is 0 Å². The summed E-state index contributed by atoms with van der Waals surface area (Å²) in [7, 11) is 0. The van der Waals surface area contributed by atoms with Crippen LogP contribution < -0.4 is 0 Å². The van der Waals surface area contributed by atoms with Gasteiger partial charge in [0.1, 0.15) is 0 Å². The maximum atomic E-state index is 4.32. The molecule has 1 aromatic rings. The van der Waals surface area contributed by atoms with Crippen LogP contribution >= 0.6 is 12.6 Å². The van der Waals surface area contributed by atoms with E-state index >= 15 is 0 Å². The van der Waals surface area contributed by atoms with Gasteiger partial charge in [0.2, 0.25) is 0 Å². The third-order valence-electron chi connectivity index (χ3n) is 1.70. The molecule has 0 atom stereocenters. The van der Waals surface area contributed by atoms with Gasteiger partial charge in [0.05, 0.1) is 0 Å². The molecule has 0 saturated heterocycles. The van der Waals surface area contributed by atoms with Crippen molar-refractivity contribution in [2.24, 2.45) is 0 Å². The van der Waals surface area contributed by atoms with E-state index in [-0.39, 0.29) is 0 Å². The number of hydrogen-bond donors (Lipinski definition) is 1. The van der Waals surface area contributed by atoms with Crippen LogP contribution in [-0.4, -0.2) is 4.98 Å². The Labute approximate surface area is 73.3 Å².